The van der Waals surface area contributed by atoms with Gasteiger partial charge in [0.25, 0.3) is 0 Å². The maximum atomic E-state index is 5.92. The van der Waals surface area contributed by atoms with Gasteiger partial charge in [-0.05, 0) is 42.8 Å². The molecular formula is C18H17N3S2. The van der Waals surface area contributed by atoms with E-state index in [1.165, 1.54) is 9.79 Å². The molecule has 0 saturated heterocycles. The van der Waals surface area contributed by atoms with Crippen LogP contribution in [0.25, 0.3) is 22.5 Å². The topological polar surface area (TPSA) is 51.8 Å². The van der Waals surface area contributed by atoms with Crippen molar-refractivity contribution in [3.05, 3.63) is 54.6 Å². The Kier molecular flexibility index (Phi) is 4.88. The normalized spacial score (nSPS) is 10.7. The molecule has 23 heavy (non-hydrogen) atoms. The molecule has 3 nitrogen and oxygen atoms in total. The first-order valence-electron chi connectivity index (χ1n) is 7.13. The van der Waals surface area contributed by atoms with Gasteiger partial charge in [0.15, 0.2) is 0 Å². The fourth-order valence-corrected chi connectivity index (χ4v) is 3.10. The van der Waals surface area contributed by atoms with Crippen LogP contribution in [0.5, 0.6) is 0 Å². The Bertz CT molecular complexity index is 734. The Morgan fingerprint density at radius 2 is 1.09 bits per heavy atom. The molecule has 0 bridgehead atoms. The Labute approximate surface area is 144 Å². The lowest BCUT2D eigenvalue weighted by molar-refractivity contribution is 1.19. The van der Waals surface area contributed by atoms with E-state index in [9.17, 15) is 0 Å². The minimum absolute atomic E-state index is 0.292. The van der Waals surface area contributed by atoms with Gasteiger partial charge in [-0.1, -0.05) is 24.3 Å². The molecule has 2 N–H and O–H groups in total. The third-order valence-electron chi connectivity index (χ3n) is 3.52. The summed E-state index contributed by atoms with van der Waals surface area (Å²) in [7, 11) is 0. The van der Waals surface area contributed by atoms with E-state index in [-0.39, 0.29) is 0 Å². The molecule has 0 amide bonds. The minimum Gasteiger partial charge on any atom is -0.368 e. The number of nitrogens with two attached hydrogens (primary N) is 1. The largest absolute Gasteiger partial charge is 0.368 e. The van der Waals surface area contributed by atoms with Crippen LogP contribution in [0, 0.1) is 0 Å². The second-order valence-corrected chi connectivity index (χ2v) is 6.71. The van der Waals surface area contributed by atoms with Gasteiger partial charge in [0, 0.05) is 20.9 Å². The van der Waals surface area contributed by atoms with Gasteiger partial charge >= 0.3 is 0 Å². The Morgan fingerprint density at radius 3 is 1.43 bits per heavy atom. The SMILES string of the molecule is CSc1ccc(-c2cc(-c3ccc(SC)cc3)nc(N)n2)cc1. The predicted octanol–water partition coefficient (Wildman–Crippen LogP) is 4.84. The van der Waals surface area contributed by atoms with Crippen molar-refractivity contribution in [1.82, 2.24) is 9.97 Å². The van der Waals surface area contributed by atoms with Crippen molar-refractivity contribution in [2.75, 3.05) is 18.2 Å². The molecule has 0 fully saturated rings. The first kappa shape index (κ1) is 15.9. The number of aromatic nitrogens is 2. The molecule has 3 aromatic rings. The third-order valence-corrected chi connectivity index (χ3v) is 5.00. The number of hydrogen-bond acceptors (Lipinski definition) is 5. The van der Waals surface area contributed by atoms with Crippen molar-refractivity contribution in [2.24, 2.45) is 0 Å². The molecule has 0 atom stereocenters. The summed E-state index contributed by atoms with van der Waals surface area (Å²) in [6, 6.07) is 18.6. The summed E-state index contributed by atoms with van der Waals surface area (Å²) in [6.45, 7) is 0. The molecule has 116 valence electrons. The van der Waals surface area contributed by atoms with Gasteiger partial charge in [0.1, 0.15) is 0 Å². The molecule has 0 aliphatic carbocycles. The molecule has 3 rings (SSSR count). The summed E-state index contributed by atoms with van der Waals surface area (Å²) >= 11 is 3.44. The lowest BCUT2D eigenvalue weighted by Crippen LogP contribution is -1.98. The van der Waals surface area contributed by atoms with Crippen LogP contribution < -0.4 is 5.73 Å². The summed E-state index contributed by atoms with van der Waals surface area (Å²) in [4.78, 5) is 11.2. The van der Waals surface area contributed by atoms with Crippen LogP contribution in [-0.2, 0) is 0 Å². The molecule has 0 aliphatic rings. The van der Waals surface area contributed by atoms with E-state index in [4.69, 9.17) is 5.73 Å². The van der Waals surface area contributed by atoms with Crippen molar-refractivity contribution in [3.63, 3.8) is 0 Å². The summed E-state index contributed by atoms with van der Waals surface area (Å²) in [5.41, 5.74) is 9.68. The second kappa shape index (κ2) is 7.06. The van der Waals surface area contributed by atoms with Crippen LogP contribution in [0.15, 0.2) is 64.4 Å². The lowest BCUT2D eigenvalue weighted by atomic mass is 10.1. The summed E-state index contributed by atoms with van der Waals surface area (Å²) in [5.74, 6) is 0.292. The van der Waals surface area contributed by atoms with Crippen LogP contribution >= 0.6 is 23.5 Å². The van der Waals surface area contributed by atoms with Crippen LogP contribution in [-0.4, -0.2) is 22.5 Å². The number of nitrogen functional groups attached to an aromatic ring is 1. The smallest absolute Gasteiger partial charge is 0.221 e. The molecule has 0 saturated carbocycles. The summed E-state index contributed by atoms with van der Waals surface area (Å²) < 4.78 is 0. The molecule has 0 aliphatic heterocycles. The van der Waals surface area contributed by atoms with Crippen molar-refractivity contribution >= 4 is 29.5 Å². The number of anilines is 1. The molecule has 5 heteroatoms. The summed E-state index contributed by atoms with van der Waals surface area (Å²) in [6.07, 6.45) is 4.13. The van der Waals surface area contributed by atoms with E-state index in [0.717, 1.165) is 22.5 Å². The zero-order valence-corrected chi connectivity index (χ0v) is 14.6. The van der Waals surface area contributed by atoms with Gasteiger partial charge in [-0.25, -0.2) is 9.97 Å². The molecule has 0 unspecified atom stereocenters. The van der Waals surface area contributed by atoms with E-state index in [0.29, 0.717) is 5.95 Å². The highest BCUT2D eigenvalue weighted by molar-refractivity contribution is 7.98. The van der Waals surface area contributed by atoms with Gasteiger partial charge in [-0.3, -0.25) is 0 Å². The molecule has 0 radical (unpaired) electrons. The molecule has 0 spiro atoms. The highest BCUT2D eigenvalue weighted by Crippen LogP contribution is 2.27. The molecule has 1 aromatic heterocycles. The highest BCUT2D eigenvalue weighted by Gasteiger charge is 2.07. The van der Waals surface area contributed by atoms with Gasteiger partial charge < -0.3 is 5.73 Å². The predicted molar refractivity (Wildman–Crippen MR) is 101 cm³/mol. The number of nitrogens with zero attached hydrogens (tertiary/aromatic N) is 2. The van der Waals surface area contributed by atoms with Gasteiger partial charge in [-0.15, -0.1) is 23.5 Å². The average Bonchev–Trinajstić information content (AvgIpc) is 2.61. The van der Waals surface area contributed by atoms with E-state index in [1.54, 1.807) is 23.5 Å². The summed E-state index contributed by atoms with van der Waals surface area (Å²) in [5, 5.41) is 0. The second-order valence-electron chi connectivity index (χ2n) is 4.95. The first-order chi connectivity index (χ1) is 11.2. The number of hydrogen-bond donors (Lipinski definition) is 1. The van der Waals surface area contributed by atoms with Crippen LogP contribution in [0.3, 0.4) is 0 Å². The maximum Gasteiger partial charge on any atom is 0.221 e. The first-order valence-corrected chi connectivity index (χ1v) is 9.58. The standard InChI is InChI=1S/C18H17N3S2/c1-22-14-7-3-12(4-8-14)16-11-17(21-18(19)20-16)13-5-9-15(23-2)10-6-13/h3-11H,1-2H3,(H2,19,20,21). The zero-order chi connectivity index (χ0) is 16.2. The van der Waals surface area contributed by atoms with Crippen molar-refractivity contribution in [2.45, 2.75) is 9.79 Å². The van der Waals surface area contributed by atoms with E-state index in [2.05, 4.69) is 71.0 Å². The van der Waals surface area contributed by atoms with Crippen LogP contribution in [0.1, 0.15) is 0 Å². The Hall–Kier alpha value is -1.98. The minimum atomic E-state index is 0.292. The van der Waals surface area contributed by atoms with Crippen molar-refractivity contribution < 1.29 is 0 Å². The van der Waals surface area contributed by atoms with Crippen molar-refractivity contribution in [3.8, 4) is 22.5 Å². The fraction of sp³-hybridized carbons (Fsp3) is 0.111. The quantitative estimate of drug-likeness (QED) is 0.690. The van der Waals surface area contributed by atoms with Gasteiger partial charge in [0.2, 0.25) is 5.95 Å². The number of rotatable bonds is 4. The molecule has 1 heterocycles. The van der Waals surface area contributed by atoms with Crippen LogP contribution in [0.4, 0.5) is 5.95 Å². The van der Waals surface area contributed by atoms with Crippen molar-refractivity contribution in [1.29, 1.82) is 0 Å². The zero-order valence-electron chi connectivity index (χ0n) is 13.0. The van der Waals surface area contributed by atoms with E-state index < -0.39 is 0 Å². The number of benzene rings is 2. The fourth-order valence-electron chi connectivity index (χ4n) is 2.29. The van der Waals surface area contributed by atoms with Gasteiger partial charge in [-0.2, -0.15) is 0 Å². The highest BCUT2D eigenvalue weighted by atomic mass is 32.2. The van der Waals surface area contributed by atoms with Gasteiger partial charge in [0.05, 0.1) is 11.4 Å². The third kappa shape index (κ3) is 3.68. The Morgan fingerprint density at radius 1 is 0.696 bits per heavy atom. The maximum absolute atomic E-state index is 5.92. The van der Waals surface area contributed by atoms with E-state index >= 15 is 0 Å². The monoisotopic (exact) mass is 339 g/mol. The average molecular weight is 339 g/mol. The van der Waals surface area contributed by atoms with Crippen LogP contribution in [0.2, 0.25) is 0 Å². The molecular weight excluding hydrogens is 322 g/mol. The number of thioether (sulfide) groups is 2. The molecule has 2 aromatic carbocycles. The lowest BCUT2D eigenvalue weighted by Gasteiger charge is -2.07. The van der Waals surface area contributed by atoms with E-state index in [1.807, 2.05) is 6.07 Å². The Balaban J connectivity index is 2.00.